The summed E-state index contributed by atoms with van der Waals surface area (Å²) < 4.78 is 37.5. The van der Waals surface area contributed by atoms with Gasteiger partial charge in [0.25, 0.3) is 0 Å². The molecule has 0 amide bonds. The predicted octanol–water partition coefficient (Wildman–Crippen LogP) is 3.61. The van der Waals surface area contributed by atoms with Gasteiger partial charge in [-0.3, -0.25) is 0 Å². The summed E-state index contributed by atoms with van der Waals surface area (Å²) in [5, 5.41) is 13.6. The number of benzene rings is 1. The Morgan fingerprint density at radius 2 is 1.81 bits per heavy atom. The van der Waals surface area contributed by atoms with Gasteiger partial charge in [-0.25, -0.2) is 0 Å². The molecule has 2 rings (SSSR count). The highest BCUT2D eigenvalue weighted by Crippen LogP contribution is 2.30. The van der Waals surface area contributed by atoms with E-state index in [-0.39, 0.29) is 6.04 Å². The molecule has 1 unspecified atom stereocenters. The Morgan fingerprint density at radius 3 is 2.33 bits per heavy atom. The Morgan fingerprint density at radius 1 is 1.24 bits per heavy atom. The molecule has 118 valence electrons. The van der Waals surface area contributed by atoms with E-state index in [1.165, 1.54) is 12.1 Å². The van der Waals surface area contributed by atoms with E-state index in [4.69, 9.17) is 0 Å². The van der Waals surface area contributed by atoms with Gasteiger partial charge in [0.1, 0.15) is 0 Å². The lowest BCUT2D eigenvalue weighted by Gasteiger charge is -2.33. The molecule has 2 nitrogen and oxygen atoms in total. The van der Waals surface area contributed by atoms with Crippen LogP contribution in [0.3, 0.4) is 0 Å². The van der Waals surface area contributed by atoms with E-state index >= 15 is 0 Å². The predicted molar refractivity (Wildman–Crippen MR) is 79.4 cm³/mol. The number of thioether (sulfide) groups is 1. The van der Waals surface area contributed by atoms with Crippen LogP contribution in [0.25, 0.3) is 0 Å². The summed E-state index contributed by atoms with van der Waals surface area (Å²) in [6, 6.07) is 5.08. The number of halogens is 3. The van der Waals surface area contributed by atoms with Crippen LogP contribution in [0.2, 0.25) is 0 Å². The average molecular weight is 319 g/mol. The van der Waals surface area contributed by atoms with Crippen molar-refractivity contribution < 1.29 is 18.3 Å². The number of aliphatic hydroxyl groups is 1. The van der Waals surface area contributed by atoms with Crippen molar-refractivity contribution in [1.29, 1.82) is 0 Å². The molecule has 1 fully saturated rings. The Balaban J connectivity index is 1.92. The third kappa shape index (κ3) is 4.63. The van der Waals surface area contributed by atoms with E-state index in [9.17, 15) is 18.3 Å². The minimum atomic E-state index is -4.30. The quantitative estimate of drug-likeness (QED) is 0.889. The molecular weight excluding hydrogens is 299 g/mol. The molecule has 1 atom stereocenters. The summed E-state index contributed by atoms with van der Waals surface area (Å²) >= 11 is 1.84. The van der Waals surface area contributed by atoms with Crippen molar-refractivity contribution in [1.82, 2.24) is 5.32 Å². The summed E-state index contributed by atoms with van der Waals surface area (Å²) in [4.78, 5) is 0. The van der Waals surface area contributed by atoms with Crippen LogP contribution in [-0.2, 0) is 6.18 Å². The second-order valence-electron chi connectivity index (χ2n) is 5.56. The fourth-order valence-corrected chi connectivity index (χ4v) is 3.60. The smallest absolute Gasteiger partial charge is 0.389 e. The van der Waals surface area contributed by atoms with Gasteiger partial charge in [0, 0.05) is 12.6 Å². The van der Waals surface area contributed by atoms with Gasteiger partial charge >= 0.3 is 6.18 Å². The van der Waals surface area contributed by atoms with Crippen molar-refractivity contribution in [3.8, 4) is 0 Å². The lowest BCUT2D eigenvalue weighted by molar-refractivity contribution is -0.137. The van der Waals surface area contributed by atoms with E-state index in [1.54, 1.807) is 0 Å². The molecule has 1 aliphatic heterocycles. The zero-order valence-corrected chi connectivity index (χ0v) is 12.7. The van der Waals surface area contributed by atoms with E-state index in [0.29, 0.717) is 6.54 Å². The minimum absolute atomic E-state index is 0.0918. The Hall–Kier alpha value is -0.720. The summed E-state index contributed by atoms with van der Waals surface area (Å²) in [6.45, 7) is 2.36. The highest BCUT2D eigenvalue weighted by atomic mass is 32.2. The normalized spacial score (nSPS) is 20.2. The molecule has 2 N–H and O–H groups in total. The first kappa shape index (κ1) is 16.6. The molecule has 0 radical (unpaired) electrons. The van der Waals surface area contributed by atoms with Crippen molar-refractivity contribution in [3.05, 3.63) is 35.4 Å². The third-order valence-corrected chi connectivity index (χ3v) is 4.88. The van der Waals surface area contributed by atoms with Crippen molar-refractivity contribution in [3.63, 3.8) is 0 Å². The second kappa shape index (κ2) is 6.58. The molecular formula is C15H20F3NOS. The Labute approximate surface area is 127 Å². The summed E-state index contributed by atoms with van der Waals surface area (Å²) in [7, 11) is 0. The zero-order chi connectivity index (χ0) is 15.5. The van der Waals surface area contributed by atoms with Crippen molar-refractivity contribution in [2.24, 2.45) is 0 Å². The van der Waals surface area contributed by atoms with Gasteiger partial charge in [0.05, 0.1) is 11.2 Å². The SMILES string of the molecule is CC(NCC1(O)CCSCC1)c1ccc(C(F)(F)F)cc1. The summed E-state index contributed by atoms with van der Waals surface area (Å²) in [5.74, 6) is 1.90. The number of hydrogen-bond acceptors (Lipinski definition) is 3. The number of hydrogen-bond donors (Lipinski definition) is 2. The van der Waals surface area contributed by atoms with Crippen LogP contribution in [0.15, 0.2) is 24.3 Å². The van der Waals surface area contributed by atoms with Gasteiger partial charge in [0.15, 0.2) is 0 Å². The Kier molecular flexibility index (Phi) is 5.22. The highest BCUT2D eigenvalue weighted by molar-refractivity contribution is 7.99. The van der Waals surface area contributed by atoms with Crippen LogP contribution in [0.4, 0.5) is 13.2 Å². The van der Waals surface area contributed by atoms with E-state index in [0.717, 1.165) is 42.0 Å². The van der Waals surface area contributed by atoms with Crippen LogP contribution in [0.5, 0.6) is 0 Å². The molecule has 1 heterocycles. The van der Waals surface area contributed by atoms with Crippen molar-refractivity contribution >= 4 is 11.8 Å². The van der Waals surface area contributed by atoms with Crippen LogP contribution in [0.1, 0.15) is 36.9 Å². The van der Waals surface area contributed by atoms with Crippen LogP contribution < -0.4 is 5.32 Å². The fourth-order valence-electron chi connectivity index (χ4n) is 2.35. The van der Waals surface area contributed by atoms with Crippen molar-refractivity contribution in [2.45, 2.75) is 37.6 Å². The van der Waals surface area contributed by atoms with Crippen LogP contribution in [-0.4, -0.2) is 28.8 Å². The summed E-state index contributed by atoms with van der Waals surface area (Å²) in [6.07, 6.45) is -2.79. The molecule has 21 heavy (non-hydrogen) atoms. The maximum absolute atomic E-state index is 12.5. The van der Waals surface area contributed by atoms with Crippen molar-refractivity contribution in [2.75, 3.05) is 18.1 Å². The molecule has 0 bridgehead atoms. The molecule has 1 saturated heterocycles. The first-order valence-corrected chi connectivity index (χ1v) is 8.16. The van der Waals surface area contributed by atoms with Gasteiger partial charge in [-0.15, -0.1) is 0 Å². The van der Waals surface area contributed by atoms with Crippen LogP contribution >= 0.6 is 11.8 Å². The minimum Gasteiger partial charge on any atom is -0.389 e. The lowest BCUT2D eigenvalue weighted by atomic mass is 9.96. The second-order valence-corrected chi connectivity index (χ2v) is 6.78. The van der Waals surface area contributed by atoms with E-state index in [2.05, 4.69) is 5.32 Å². The number of nitrogens with one attached hydrogen (secondary N) is 1. The Bertz CT molecular complexity index is 455. The number of alkyl halides is 3. The first-order chi connectivity index (χ1) is 9.80. The largest absolute Gasteiger partial charge is 0.416 e. The van der Waals surface area contributed by atoms with Gasteiger partial charge in [0.2, 0.25) is 0 Å². The van der Waals surface area contributed by atoms with E-state index < -0.39 is 17.3 Å². The maximum atomic E-state index is 12.5. The zero-order valence-electron chi connectivity index (χ0n) is 11.9. The molecule has 1 aromatic carbocycles. The van der Waals surface area contributed by atoms with Gasteiger partial charge in [-0.05, 0) is 49.0 Å². The molecule has 0 saturated carbocycles. The van der Waals surface area contributed by atoms with Crippen LogP contribution in [0, 0.1) is 0 Å². The summed E-state index contributed by atoms with van der Waals surface area (Å²) in [5.41, 5.74) is -0.538. The lowest BCUT2D eigenvalue weighted by Crippen LogP contribution is -2.44. The highest BCUT2D eigenvalue weighted by Gasteiger charge is 2.31. The molecule has 0 aliphatic carbocycles. The van der Waals surface area contributed by atoms with Gasteiger partial charge in [-0.2, -0.15) is 24.9 Å². The molecule has 0 spiro atoms. The van der Waals surface area contributed by atoms with Gasteiger partial charge in [-0.1, -0.05) is 12.1 Å². The average Bonchev–Trinajstić information content (AvgIpc) is 2.45. The molecule has 1 aliphatic rings. The molecule has 1 aromatic rings. The fraction of sp³-hybridized carbons (Fsp3) is 0.600. The topological polar surface area (TPSA) is 32.3 Å². The molecule has 6 heteroatoms. The monoisotopic (exact) mass is 319 g/mol. The molecule has 0 aromatic heterocycles. The maximum Gasteiger partial charge on any atom is 0.416 e. The third-order valence-electron chi connectivity index (χ3n) is 3.90. The standard InChI is InChI=1S/C15H20F3NOS/c1-11(19-10-14(20)6-8-21-9-7-14)12-2-4-13(5-3-12)15(16,17)18/h2-5,11,19-20H,6-10H2,1H3. The number of rotatable bonds is 4. The van der Waals surface area contributed by atoms with Gasteiger partial charge < -0.3 is 10.4 Å². The van der Waals surface area contributed by atoms with E-state index in [1.807, 2.05) is 18.7 Å². The first-order valence-electron chi connectivity index (χ1n) is 7.01.